The number of nitrogens with zero attached hydrogens (tertiary/aromatic N) is 1. The number of rotatable bonds is 1. The van der Waals surface area contributed by atoms with Gasteiger partial charge in [0.05, 0.1) is 0 Å². The van der Waals surface area contributed by atoms with Crippen molar-refractivity contribution in [3.05, 3.63) is 7.43 Å². The maximum absolute atomic E-state index is 2.53. The van der Waals surface area contributed by atoms with Crippen LogP contribution in [0.4, 0.5) is 0 Å². The smallest absolute Gasteiger partial charge is 0 e. The summed E-state index contributed by atoms with van der Waals surface area (Å²) in [6.07, 6.45) is 2.82. The van der Waals surface area contributed by atoms with Crippen molar-refractivity contribution in [1.82, 2.24) is 4.90 Å². The average molecular weight is 281 g/mol. The molecule has 1 radical (unpaired) electrons. The third-order valence-electron chi connectivity index (χ3n) is 2.32. The summed E-state index contributed by atoms with van der Waals surface area (Å²) in [4.78, 5) is 2.53. The van der Waals surface area contributed by atoms with E-state index < -0.39 is 0 Å². The van der Waals surface area contributed by atoms with Crippen molar-refractivity contribution in [2.24, 2.45) is 5.92 Å². The molecule has 0 amide bonds. The van der Waals surface area contributed by atoms with Crippen molar-refractivity contribution < 1.29 is 35.6 Å². The third-order valence-corrected chi connectivity index (χ3v) is 2.32. The Bertz CT molecular complexity index is 77.6. The van der Waals surface area contributed by atoms with Crippen molar-refractivity contribution in [2.45, 2.75) is 26.7 Å². The first kappa shape index (κ1) is 14.7. The normalized spacial score (nSPS) is 20.2. The van der Waals surface area contributed by atoms with Gasteiger partial charge in [-0.3, -0.25) is 0 Å². The third kappa shape index (κ3) is 5.40. The first-order chi connectivity index (χ1) is 4.33. The molecule has 0 atom stereocenters. The maximum Gasteiger partial charge on any atom is 0 e. The molecule has 0 spiro atoms. The molecule has 0 unspecified atom stereocenters. The molecular formula is C9H20LaN-. The summed E-state index contributed by atoms with van der Waals surface area (Å²) < 4.78 is 0. The Morgan fingerprint density at radius 1 is 1.27 bits per heavy atom. The molecule has 0 bridgehead atoms. The topological polar surface area (TPSA) is 3.24 Å². The molecule has 1 saturated heterocycles. The van der Waals surface area contributed by atoms with E-state index in [1.807, 2.05) is 0 Å². The summed E-state index contributed by atoms with van der Waals surface area (Å²) in [6, 6.07) is 0. The number of hydrogen-bond donors (Lipinski definition) is 0. The Balaban J connectivity index is 0. The van der Waals surface area contributed by atoms with Crippen molar-refractivity contribution in [3.8, 4) is 0 Å². The first-order valence-electron chi connectivity index (χ1n) is 4.05. The SMILES string of the molecule is CCN1CCC(C)CC1.[CH3-].[La]. The van der Waals surface area contributed by atoms with E-state index in [9.17, 15) is 0 Å². The molecule has 0 aliphatic carbocycles. The van der Waals surface area contributed by atoms with Gasteiger partial charge in [0.25, 0.3) is 0 Å². The maximum atomic E-state index is 2.53. The van der Waals surface area contributed by atoms with Crippen molar-refractivity contribution in [1.29, 1.82) is 0 Å². The van der Waals surface area contributed by atoms with Gasteiger partial charge < -0.3 is 12.3 Å². The van der Waals surface area contributed by atoms with Crippen LogP contribution in [-0.2, 0) is 0 Å². The molecule has 1 rings (SSSR count). The summed E-state index contributed by atoms with van der Waals surface area (Å²) >= 11 is 0. The Kier molecular flexibility index (Phi) is 10.4. The molecule has 0 aromatic heterocycles. The standard InChI is InChI=1S/C8H17N.CH3.La/c1-3-9-6-4-8(2)5-7-9;;/h8H,3-7H2,1-2H3;1H3;/q;-1;. The fraction of sp³-hybridized carbons (Fsp3) is 0.889. The summed E-state index contributed by atoms with van der Waals surface area (Å²) in [5, 5.41) is 0. The van der Waals surface area contributed by atoms with Crippen LogP contribution in [0.3, 0.4) is 0 Å². The number of likely N-dealkylation sites (tertiary alicyclic amines) is 1. The monoisotopic (exact) mass is 281 g/mol. The van der Waals surface area contributed by atoms with E-state index in [-0.39, 0.29) is 43.0 Å². The van der Waals surface area contributed by atoms with Gasteiger partial charge in [0.2, 0.25) is 0 Å². The van der Waals surface area contributed by atoms with Gasteiger partial charge in [0.1, 0.15) is 0 Å². The largest absolute Gasteiger partial charge is 0.358 e. The molecule has 1 aliphatic rings. The zero-order valence-electron chi connectivity index (χ0n) is 8.14. The fourth-order valence-corrected chi connectivity index (χ4v) is 1.38. The van der Waals surface area contributed by atoms with Crippen LogP contribution in [0, 0.1) is 48.9 Å². The molecule has 2 heteroatoms. The summed E-state index contributed by atoms with van der Waals surface area (Å²) in [6.45, 7) is 8.51. The van der Waals surface area contributed by atoms with Gasteiger partial charge in [-0.1, -0.05) is 13.8 Å². The van der Waals surface area contributed by atoms with Crippen LogP contribution in [0.2, 0.25) is 0 Å². The number of piperidine rings is 1. The van der Waals surface area contributed by atoms with Gasteiger partial charge in [-0.25, -0.2) is 0 Å². The molecular weight excluding hydrogens is 261 g/mol. The zero-order chi connectivity index (χ0) is 6.69. The Morgan fingerprint density at radius 2 is 1.73 bits per heavy atom. The van der Waals surface area contributed by atoms with Crippen LogP contribution >= 0.6 is 0 Å². The Morgan fingerprint density at radius 3 is 2.09 bits per heavy atom. The summed E-state index contributed by atoms with van der Waals surface area (Å²) in [5.41, 5.74) is 0. The van der Waals surface area contributed by atoms with Gasteiger partial charge in [0, 0.05) is 35.6 Å². The molecule has 0 saturated carbocycles. The van der Waals surface area contributed by atoms with E-state index in [4.69, 9.17) is 0 Å². The van der Waals surface area contributed by atoms with Crippen LogP contribution < -0.4 is 0 Å². The van der Waals surface area contributed by atoms with Crippen LogP contribution in [0.1, 0.15) is 26.7 Å². The van der Waals surface area contributed by atoms with Crippen molar-refractivity contribution >= 4 is 0 Å². The quantitative estimate of drug-likeness (QED) is 0.666. The molecule has 1 aliphatic heterocycles. The fourth-order valence-electron chi connectivity index (χ4n) is 1.38. The van der Waals surface area contributed by atoms with Gasteiger partial charge in [-0.15, -0.1) is 0 Å². The Hall–Kier alpha value is 1.15. The second-order valence-corrected chi connectivity index (χ2v) is 3.12. The second kappa shape index (κ2) is 7.79. The molecule has 1 heterocycles. The van der Waals surface area contributed by atoms with Gasteiger partial charge in [-0.2, -0.15) is 0 Å². The molecule has 1 fully saturated rings. The van der Waals surface area contributed by atoms with E-state index in [1.165, 1.54) is 32.5 Å². The van der Waals surface area contributed by atoms with Crippen LogP contribution in [0.15, 0.2) is 0 Å². The van der Waals surface area contributed by atoms with Gasteiger partial charge >= 0.3 is 0 Å². The van der Waals surface area contributed by atoms with Gasteiger partial charge in [-0.05, 0) is 38.4 Å². The second-order valence-electron chi connectivity index (χ2n) is 3.12. The van der Waals surface area contributed by atoms with E-state index in [0.717, 1.165) is 5.92 Å². The summed E-state index contributed by atoms with van der Waals surface area (Å²) in [7, 11) is 0. The van der Waals surface area contributed by atoms with Gasteiger partial charge in [0.15, 0.2) is 0 Å². The zero-order valence-corrected chi connectivity index (χ0v) is 11.8. The molecule has 1 nitrogen and oxygen atoms in total. The van der Waals surface area contributed by atoms with Crippen molar-refractivity contribution in [2.75, 3.05) is 19.6 Å². The molecule has 65 valence electrons. The molecule has 0 aromatic rings. The Labute approximate surface area is 99.5 Å². The molecule has 11 heavy (non-hydrogen) atoms. The number of hydrogen-bond acceptors (Lipinski definition) is 1. The predicted octanol–water partition coefficient (Wildman–Crippen LogP) is 2.19. The molecule has 0 aromatic carbocycles. The van der Waals surface area contributed by atoms with Crippen LogP contribution in [0.25, 0.3) is 0 Å². The molecule has 0 N–H and O–H groups in total. The van der Waals surface area contributed by atoms with Crippen LogP contribution in [0.5, 0.6) is 0 Å². The first-order valence-corrected chi connectivity index (χ1v) is 4.05. The van der Waals surface area contributed by atoms with E-state index >= 15 is 0 Å². The van der Waals surface area contributed by atoms with E-state index in [2.05, 4.69) is 18.7 Å². The predicted molar refractivity (Wildman–Crippen MR) is 46.9 cm³/mol. The van der Waals surface area contributed by atoms with E-state index in [0.29, 0.717) is 0 Å². The van der Waals surface area contributed by atoms with Crippen LogP contribution in [-0.4, -0.2) is 24.5 Å². The van der Waals surface area contributed by atoms with Crippen molar-refractivity contribution in [3.63, 3.8) is 0 Å². The minimum absolute atomic E-state index is 0. The van der Waals surface area contributed by atoms with E-state index in [1.54, 1.807) is 0 Å². The minimum atomic E-state index is 0. The average Bonchev–Trinajstić information content (AvgIpc) is 1.90. The minimum Gasteiger partial charge on any atom is -0.358 e. The summed E-state index contributed by atoms with van der Waals surface area (Å²) in [5.74, 6) is 0.979.